The van der Waals surface area contributed by atoms with Gasteiger partial charge in [0.25, 0.3) is 5.91 Å². The van der Waals surface area contributed by atoms with Crippen molar-refractivity contribution in [3.63, 3.8) is 0 Å². The number of anilines is 1. The summed E-state index contributed by atoms with van der Waals surface area (Å²) in [6, 6.07) is 15.5. The number of esters is 1. The lowest BCUT2D eigenvalue weighted by atomic mass is 10.1. The van der Waals surface area contributed by atoms with Gasteiger partial charge in [-0.1, -0.05) is 23.8 Å². The van der Waals surface area contributed by atoms with Crippen LogP contribution in [0.5, 0.6) is 5.75 Å². The van der Waals surface area contributed by atoms with Crippen molar-refractivity contribution in [3.05, 3.63) is 59.2 Å². The average Bonchev–Trinajstić information content (AvgIpc) is 2.70. The van der Waals surface area contributed by atoms with Crippen molar-refractivity contribution in [2.75, 3.05) is 24.7 Å². The van der Waals surface area contributed by atoms with E-state index < -0.39 is 5.97 Å². The molecule has 0 saturated heterocycles. The molecule has 0 heterocycles. The summed E-state index contributed by atoms with van der Waals surface area (Å²) in [7, 11) is 0. The summed E-state index contributed by atoms with van der Waals surface area (Å²) in [4.78, 5) is 26.1. The van der Waals surface area contributed by atoms with Crippen LogP contribution in [0, 0.1) is 32.1 Å². The van der Waals surface area contributed by atoms with Gasteiger partial charge in [-0.05, 0) is 62.6 Å². The van der Waals surface area contributed by atoms with Gasteiger partial charge in [0.1, 0.15) is 5.75 Å². The Hall–Kier alpha value is -3.33. The van der Waals surface area contributed by atoms with E-state index in [1.165, 1.54) is 4.90 Å². The van der Waals surface area contributed by atoms with Crippen LogP contribution in [0.25, 0.3) is 0 Å². The molecule has 0 aromatic heterocycles. The van der Waals surface area contributed by atoms with Crippen molar-refractivity contribution < 1.29 is 19.1 Å². The first-order valence-electron chi connectivity index (χ1n) is 9.99. The average molecular weight is 408 g/mol. The standard InChI is InChI=1S/C24H28N2O4/c1-18-7-9-22(10-8-18)29-13-4-6-24(28)30-17-23(27)26(12-5-11-25)21-15-19(2)14-20(3)16-21/h7-10,14-16H,4-6,12-13,17H2,1-3H3. The number of aryl methyl sites for hydroxylation is 3. The molecule has 0 unspecified atom stereocenters. The van der Waals surface area contributed by atoms with Gasteiger partial charge in [0, 0.05) is 18.7 Å². The summed E-state index contributed by atoms with van der Waals surface area (Å²) in [5.74, 6) is -0.0401. The molecule has 1 amide bonds. The number of nitriles is 1. The van der Waals surface area contributed by atoms with Crippen molar-refractivity contribution >= 4 is 17.6 Å². The molecule has 0 N–H and O–H groups in total. The summed E-state index contributed by atoms with van der Waals surface area (Å²) in [5.41, 5.74) is 3.89. The van der Waals surface area contributed by atoms with E-state index in [-0.39, 0.29) is 31.9 Å². The van der Waals surface area contributed by atoms with Gasteiger partial charge in [0.05, 0.1) is 19.1 Å². The fraction of sp³-hybridized carbons (Fsp3) is 0.375. The molecule has 30 heavy (non-hydrogen) atoms. The molecular formula is C24H28N2O4. The quantitative estimate of drug-likeness (QED) is 0.433. The Labute approximate surface area is 178 Å². The van der Waals surface area contributed by atoms with Crippen LogP contribution >= 0.6 is 0 Å². The predicted octanol–water partition coefficient (Wildman–Crippen LogP) is 4.26. The van der Waals surface area contributed by atoms with Crippen molar-refractivity contribution in [3.8, 4) is 11.8 Å². The third-order valence-electron chi connectivity index (χ3n) is 4.44. The molecule has 0 fully saturated rings. The molecule has 0 bridgehead atoms. The van der Waals surface area contributed by atoms with E-state index in [0.717, 1.165) is 22.4 Å². The Bertz CT molecular complexity index is 880. The molecule has 0 aliphatic rings. The van der Waals surface area contributed by atoms with Crippen molar-refractivity contribution in [1.29, 1.82) is 5.26 Å². The lowest BCUT2D eigenvalue weighted by Crippen LogP contribution is -2.35. The molecule has 0 aliphatic heterocycles. The second kappa shape index (κ2) is 11.6. The normalized spacial score (nSPS) is 10.2. The molecule has 2 aromatic rings. The number of amides is 1. The molecule has 6 nitrogen and oxygen atoms in total. The second-order valence-electron chi connectivity index (χ2n) is 7.23. The first-order valence-corrected chi connectivity index (χ1v) is 9.99. The van der Waals surface area contributed by atoms with Gasteiger partial charge >= 0.3 is 5.97 Å². The fourth-order valence-electron chi connectivity index (χ4n) is 3.00. The largest absolute Gasteiger partial charge is 0.494 e. The molecule has 6 heteroatoms. The van der Waals surface area contributed by atoms with Crippen LogP contribution in [0.3, 0.4) is 0 Å². The van der Waals surface area contributed by atoms with Gasteiger partial charge in [-0.2, -0.15) is 5.26 Å². The Kier molecular flexibility index (Phi) is 8.89. The lowest BCUT2D eigenvalue weighted by molar-refractivity contribution is -0.148. The maximum atomic E-state index is 12.6. The zero-order chi connectivity index (χ0) is 21.9. The number of hydrogen-bond acceptors (Lipinski definition) is 5. The number of ether oxygens (including phenoxy) is 2. The molecule has 0 saturated carbocycles. The zero-order valence-electron chi connectivity index (χ0n) is 17.8. The van der Waals surface area contributed by atoms with Crippen LogP contribution in [-0.2, 0) is 14.3 Å². The highest BCUT2D eigenvalue weighted by atomic mass is 16.5. The van der Waals surface area contributed by atoms with Gasteiger partial charge in [-0.25, -0.2) is 0 Å². The summed E-state index contributed by atoms with van der Waals surface area (Å²) >= 11 is 0. The van der Waals surface area contributed by atoms with E-state index in [1.54, 1.807) is 0 Å². The molecule has 0 radical (unpaired) electrons. The highest BCUT2D eigenvalue weighted by Gasteiger charge is 2.18. The maximum Gasteiger partial charge on any atom is 0.306 e. The topological polar surface area (TPSA) is 79.6 Å². The lowest BCUT2D eigenvalue weighted by Gasteiger charge is -2.22. The Morgan fingerprint density at radius 2 is 1.67 bits per heavy atom. The molecule has 0 atom stereocenters. The number of rotatable bonds is 10. The third kappa shape index (κ3) is 7.59. The molecule has 2 rings (SSSR count). The van der Waals surface area contributed by atoms with Crippen LogP contribution in [0.4, 0.5) is 5.69 Å². The van der Waals surface area contributed by atoms with Gasteiger partial charge < -0.3 is 14.4 Å². The summed E-state index contributed by atoms with van der Waals surface area (Å²) in [5, 5.41) is 8.90. The number of carbonyl (C=O) groups is 2. The summed E-state index contributed by atoms with van der Waals surface area (Å²) in [6.07, 6.45) is 0.861. The molecule has 2 aromatic carbocycles. The highest BCUT2D eigenvalue weighted by Crippen LogP contribution is 2.19. The van der Waals surface area contributed by atoms with Crippen LogP contribution in [-0.4, -0.2) is 31.6 Å². The van der Waals surface area contributed by atoms with Crippen molar-refractivity contribution in [2.45, 2.75) is 40.0 Å². The molecule has 158 valence electrons. The minimum Gasteiger partial charge on any atom is -0.494 e. The zero-order valence-corrected chi connectivity index (χ0v) is 17.8. The van der Waals surface area contributed by atoms with E-state index in [9.17, 15) is 9.59 Å². The monoisotopic (exact) mass is 408 g/mol. The van der Waals surface area contributed by atoms with Gasteiger partial charge in [0.2, 0.25) is 0 Å². The van der Waals surface area contributed by atoms with Gasteiger partial charge in [-0.3, -0.25) is 9.59 Å². The van der Waals surface area contributed by atoms with Crippen LogP contribution in [0.1, 0.15) is 36.0 Å². The van der Waals surface area contributed by atoms with E-state index in [2.05, 4.69) is 6.07 Å². The second-order valence-corrected chi connectivity index (χ2v) is 7.23. The maximum absolute atomic E-state index is 12.6. The SMILES string of the molecule is Cc1ccc(OCCCC(=O)OCC(=O)N(CCC#N)c2cc(C)cc(C)c2)cc1. The fourth-order valence-corrected chi connectivity index (χ4v) is 3.00. The van der Waals surface area contributed by atoms with E-state index in [1.807, 2.05) is 63.2 Å². The number of nitrogens with zero attached hydrogens (tertiary/aromatic N) is 2. The molecular weight excluding hydrogens is 380 g/mol. The summed E-state index contributed by atoms with van der Waals surface area (Å²) < 4.78 is 10.7. The number of hydrogen-bond donors (Lipinski definition) is 0. The first-order chi connectivity index (χ1) is 14.4. The van der Waals surface area contributed by atoms with Crippen LogP contribution in [0.15, 0.2) is 42.5 Å². The van der Waals surface area contributed by atoms with Gasteiger partial charge in [-0.15, -0.1) is 0 Å². The van der Waals surface area contributed by atoms with Gasteiger partial charge in [0.15, 0.2) is 6.61 Å². The molecule has 0 spiro atoms. The number of carbonyl (C=O) groups excluding carboxylic acids is 2. The Balaban J connectivity index is 1.81. The Morgan fingerprint density at radius 3 is 2.30 bits per heavy atom. The van der Waals surface area contributed by atoms with Crippen molar-refractivity contribution in [2.24, 2.45) is 0 Å². The van der Waals surface area contributed by atoms with E-state index in [0.29, 0.717) is 18.7 Å². The van der Waals surface area contributed by atoms with E-state index in [4.69, 9.17) is 14.7 Å². The van der Waals surface area contributed by atoms with Crippen LogP contribution < -0.4 is 9.64 Å². The summed E-state index contributed by atoms with van der Waals surface area (Å²) in [6.45, 7) is 6.19. The minimum atomic E-state index is -0.448. The van der Waals surface area contributed by atoms with E-state index >= 15 is 0 Å². The highest BCUT2D eigenvalue weighted by molar-refractivity contribution is 5.95. The van der Waals surface area contributed by atoms with Crippen molar-refractivity contribution in [1.82, 2.24) is 0 Å². The Morgan fingerprint density at radius 1 is 1.00 bits per heavy atom. The number of benzene rings is 2. The predicted molar refractivity (Wildman–Crippen MR) is 115 cm³/mol. The smallest absolute Gasteiger partial charge is 0.306 e. The molecule has 0 aliphatic carbocycles. The first kappa shape index (κ1) is 23.0. The third-order valence-corrected chi connectivity index (χ3v) is 4.44. The van der Waals surface area contributed by atoms with Crippen LogP contribution in [0.2, 0.25) is 0 Å². The minimum absolute atomic E-state index is 0.168.